The van der Waals surface area contributed by atoms with Gasteiger partial charge in [-0.25, -0.2) is 4.98 Å². The van der Waals surface area contributed by atoms with E-state index in [1.807, 2.05) is 6.07 Å². The Morgan fingerprint density at radius 2 is 2.25 bits per heavy atom. The number of amides is 1. The zero-order valence-electron chi connectivity index (χ0n) is 8.18. The molecule has 0 atom stereocenters. The third-order valence-corrected chi connectivity index (χ3v) is 1.96. The predicted octanol–water partition coefficient (Wildman–Crippen LogP) is 1.80. The van der Waals surface area contributed by atoms with Crippen molar-refractivity contribution in [2.24, 2.45) is 0 Å². The lowest BCUT2D eigenvalue weighted by atomic mass is 10.2. The first kappa shape index (κ1) is 9.93. The molecule has 0 unspecified atom stereocenters. The minimum atomic E-state index is -0.406. The summed E-state index contributed by atoms with van der Waals surface area (Å²) in [6.07, 6.45) is 2.41. The van der Waals surface area contributed by atoms with Gasteiger partial charge in [-0.3, -0.25) is 4.79 Å². The summed E-state index contributed by atoms with van der Waals surface area (Å²) in [5.74, 6) is -0.406. The molecule has 2 aromatic rings. The molecule has 0 aliphatic heterocycles. The highest BCUT2D eigenvalue weighted by molar-refractivity contribution is 6.03. The number of nitriles is 1. The molecule has 0 aliphatic rings. The minimum absolute atomic E-state index is 0.174. The van der Waals surface area contributed by atoms with Crippen LogP contribution in [0.2, 0.25) is 0 Å². The zero-order chi connectivity index (χ0) is 11.4. The standard InChI is InChI=1S/C11H7N3O2/c12-5-8-3-1-2-4-9(8)14-11(15)10-6-16-7-13-10/h1-4,6-7H,(H,14,15). The Hall–Kier alpha value is -2.61. The first-order chi connectivity index (χ1) is 7.81. The van der Waals surface area contributed by atoms with Gasteiger partial charge >= 0.3 is 0 Å². The normalized spacial score (nSPS) is 9.44. The zero-order valence-corrected chi connectivity index (χ0v) is 8.18. The number of carbonyl (C=O) groups excluding carboxylic acids is 1. The molecule has 1 aromatic heterocycles. The van der Waals surface area contributed by atoms with E-state index in [0.29, 0.717) is 11.3 Å². The van der Waals surface area contributed by atoms with Gasteiger partial charge in [-0.2, -0.15) is 5.26 Å². The molecule has 0 aliphatic carbocycles. The Balaban J connectivity index is 2.22. The highest BCUT2D eigenvalue weighted by Gasteiger charge is 2.10. The molecule has 0 fully saturated rings. The Morgan fingerprint density at radius 3 is 2.94 bits per heavy atom. The quantitative estimate of drug-likeness (QED) is 0.824. The van der Waals surface area contributed by atoms with Crippen LogP contribution in [0.15, 0.2) is 41.3 Å². The van der Waals surface area contributed by atoms with Crippen molar-refractivity contribution in [2.45, 2.75) is 0 Å². The van der Waals surface area contributed by atoms with Crippen LogP contribution in [-0.2, 0) is 0 Å². The van der Waals surface area contributed by atoms with E-state index in [1.165, 1.54) is 12.7 Å². The molecule has 5 heteroatoms. The van der Waals surface area contributed by atoms with Crippen molar-refractivity contribution >= 4 is 11.6 Å². The van der Waals surface area contributed by atoms with Crippen molar-refractivity contribution in [3.8, 4) is 6.07 Å². The molecule has 0 spiro atoms. The van der Waals surface area contributed by atoms with Gasteiger partial charge in [0.25, 0.3) is 5.91 Å². The van der Waals surface area contributed by atoms with Crippen LogP contribution in [0.3, 0.4) is 0 Å². The Labute approximate surface area is 91.3 Å². The van der Waals surface area contributed by atoms with Gasteiger partial charge in [-0.05, 0) is 12.1 Å². The second-order valence-electron chi connectivity index (χ2n) is 2.99. The number of hydrogen-bond acceptors (Lipinski definition) is 4. The fourth-order valence-electron chi connectivity index (χ4n) is 1.20. The molecule has 2 rings (SSSR count). The fourth-order valence-corrected chi connectivity index (χ4v) is 1.20. The average Bonchev–Trinajstić information content (AvgIpc) is 2.83. The largest absolute Gasteiger partial charge is 0.451 e. The summed E-state index contributed by atoms with van der Waals surface area (Å²) >= 11 is 0. The monoisotopic (exact) mass is 213 g/mol. The number of nitrogens with one attached hydrogen (secondary N) is 1. The maximum Gasteiger partial charge on any atom is 0.277 e. The van der Waals surface area contributed by atoms with Gasteiger partial charge in [-0.15, -0.1) is 0 Å². The minimum Gasteiger partial charge on any atom is -0.451 e. The lowest BCUT2D eigenvalue weighted by Gasteiger charge is -2.03. The maximum atomic E-state index is 11.6. The van der Waals surface area contributed by atoms with E-state index in [0.717, 1.165) is 0 Å². The van der Waals surface area contributed by atoms with Crippen molar-refractivity contribution < 1.29 is 9.21 Å². The van der Waals surface area contributed by atoms with Gasteiger partial charge < -0.3 is 9.73 Å². The fraction of sp³-hybridized carbons (Fsp3) is 0. The van der Waals surface area contributed by atoms with Crippen LogP contribution in [0.1, 0.15) is 16.1 Å². The summed E-state index contributed by atoms with van der Waals surface area (Å²) < 4.78 is 4.69. The highest BCUT2D eigenvalue weighted by atomic mass is 16.3. The molecule has 78 valence electrons. The van der Waals surface area contributed by atoms with Gasteiger partial charge in [0, 0.05) is 0 Å². The summed E-state index contributed by atoms with van der Waals surface area (Å²) in [7, 11) is 0. The average molecular weight is 213 g/mol. The van der Waals surface area contributed by atoms with Crippen LogP contribution in [0.4, 0.5) is 5.69 Å². The number of para-hydroxylation sites is 1. The summed E-state index contributed by atoms with van der Waals surface area (Å²) in [4.78, 5) is 15.3. The first-order valence-electron chi connectivity index (χ1n) is 4.50. The van der Waals surface area contributed by atoms with E-state index in [1.54, 1.807) is 24.3 Å². The number of oxazole rings is 1. The van der Waals surface area contributed by atoms with Crippen LogP contribution in [-0.4, -0.2) is 10.9 Å². The molecule has 0 radical (unpaired) electrons. The van der Waals surface area contributed by atoms with E-state index >= 15 is 0 Å². The summed E-state index contributed by atoms with van der Waals surface area (Å²) in [6.45, 7) is 0. The number of nitrogens with zero attached hydrogens (tertiary/aromatic N) is 2. The molecule has 1 aromatic carbocycles. The summed E-state index contributed by atoms with van der Waals surface area (Å²) in [5.41, 5.74) is 1.03. The van der Waals surface area contributed by atoms with Crippen LogP contribution in [0, 0.1) is 11.3 Å². The van der Waals surface area contributed by atoms with E-state index < -0.39 is 5.91 Å². The van der Waals surface area contributed by atoms with Gasteiger partial charge in [0.05, 0.1) is 11.3 Å². The molecular weight excluding hydrogens is 206 g/mol. The van der Waals surface area contributed by atoms with Crippen molar-refractivity contribution in [3.63, 3.8) is 0 Å². The molecule has 0 saturated carbocycles. The van der Waals surface area contributed by atoms with Crippen molar-refractivity contribution in [2.75, 3.05) is 5.32 Å². The van der Waals surface area contributed by atoms with Gasteiger partial charge in [-0.1, -0.05) is 12.1 Å². The maximum absolute atomic E-state index is 11.6. The van der Waals surface area contributed by atoms with Gasteiger partial charge in [0.1, 0.15) is 12.3 Å². The molecule has 0 bridgehead atoms. The number of aromatic nitrogens is 1. The Kier molecular flexibility index (Phi) is 2.65. The topological polar surface area (TPSA) is 78.9 Å². The van der Waals surface area contributed by atoms with E-state index in [2.05, 4.69) is 10.3 Å². The Morgan fingerprint density at radius 1 is 1.44 bits per heavy atom. The van der Waals surface area contributed by atoms with E-state index in [9.17, 15) is 4.79 Å². The molecule has 5 nitrogen and oxygen atoms in total. The number of hydrogen-bond donors (Lipinski definition) is 1. The summed E-state index contributed by atoms with van der Waals surface area (Å²) in [5, 5.41) is 11.4. The second kappa shape index (κ2) is 4.28. The third kappa shape index (κ3) is 1.91. The van der Waals surface area contributed by atoms with Crippen LogP contribution in [0.5, 0.6) is 0 Å². The highest BCUT2D eigenvalue weighted by Crippen LogP contribution is 2.14. The molecule has 1 heterocycles. The first-order valence-corrected chi connectivity index (χ1v) is 4.50. The molecule has 0 saturated heterocycles. The molecule has 1 amide bonds. The Bertz CT molecular complexity index is 541. The van der Waals surface area contributed by atoms with Crippen molar-refractivity contribution in [1.82, 2.24) is 4.98 Å². The summed E-state index contributed by atoms with van der Waals surface area (Å²) in [6, 6.07) is 8.72. The SMILES string of the molecule is N#Cc1ccccc1NC(=O)c1cocn1. The number of rotatable bonds is 2. The third-order valence-electron chi connectivity index (χ3n) is 1.96. The van der Waals surface area contributed by atoms with Crippen LogP contribution < -0.4 is 5.32 Å². The number of benzene rings is 1. The van der Waals surface area contributed by atoms with E-state index in [-0.39, 0.29) is 5.69 Å². The molecular formula is C11H7N3O2. The lowest BCUT2D eigenvalue weighted by molar-refractivity contribution is 0.102. The lowest BCUT2D eigenvalue weighted by Crippen LogP contribution is -2.13. The van der Waals surface area contributed by atoms with Crippen molar-refractivity contribution in [3.05, 3.63) is 48.2 Å². The smallest absolute Gasteiger partial charge is 0.277 e. The predicted molar refractivity (Wildman–Crippen MR) is 55.6 cm³/mol. The number of carbonyl (C=O) groups is 1. The van der Waals surface area contributed by atoms with Gasteiger partial charge in [0.15, 0.2) is 12.1 Å². The molecule has 16 heavy (non-hydrogen) atoms. The molecule has 1 N–H and O–H groups in total. The van der Waals surface area contributed by atoms with Crippen LogP contribution >= 0.6 is 0 Å². The van der Waals surface area contributed by atoms with Crippen molar-refractivity contribution in [1.29, 1.82) is 5.26 Å². The second-order valence-corrected chi connectivity index (χ2v) is 2.99. The number of anilines is 1. The van der Waals surface area contributed by atoms with E-state index in [4.69, 9.17) is 9.68 Å². The van der Waals surface area contributed by atoms with Crippen LogP contribution in [0.25, 0.3) is 0 Å². The van der Waals surface area contributed by atoms with Gasteiger partial charge in [0.2, 0.25) is 0 Å².